The summed E-state index contributed by atoms with van der Waals surface area (Å²) in [7, 11) is 0. The number of thiazole rings is 1. The van der Waals surface area contributed by atoms with Gasteiger partial charge < -0.3 is 5.32 Å². The van der Waals surface area contributed by atoms with Crippen molar-refractivity contribution >= 4 is 22.2 Å². The van der Waals surface area contributed by atoms with Gasteiger partial charge in [0.15, 0.2) is 4.96 Å². The van der Waals surface area contributed by atoms with Gasteiger partial charge in [0.25, 0.3) is 5.91 Å². The van der Waals surface area contributed by atoms with Gasteiger partial charge in [-0.05, 0) is 30.2 Å². The number of imidazole rings is 1. The molecule has 0 atom stereocenters. The van der Waals surface area contributed by atoms with E-state index < -0.39 is 0 Å². The molecule has 0 aliphatic rings. The number of nitrogens with one attached hydrogen (secondary N) is 1. The SMILES string of the molecule is CC(C)c1c(C(=O)NCc2cn3ccsc3n2)cnn1-c1ccc(F)cc1. The Balaban J connectivity index is 1.57. The Kier molecular flexibility index (Phi) is 4.49. The predicted octanol–water partition coefficient (Wildman–Crippen LogP) is 3.77. The van der Waals surface area contributed by atoms with Crippen LogP contribution >= 0.6 is 11.3 Å². The highest BCUT2D eigenvalue weighted by atomic mass is 32.1. The van der Waals surface area contributed by atoms with Gasteiger partial charge in [0.05, 0.1) is 35.4 Å². The van der Waals surface area contributed by atoms with Crippen LogP contribution in [0.1, 0.15) is 41.5 Å². The van der Waals surface area contributed by atoms with E-state index in [1.165, 1.54) is 12.1 Å². The average molecular weight is 383 g/mol. The number of rotatable bonds is 5. The van der Waals surface area contributed by atoms with Crippen molar-refractivity contribution in [3.05, 3.63) is 71.0 Å². The molecular weight excluding hydrogens is 365 g/mol. The normalized spacial score (nSPS) is 11.4. The Morgan fingerprint density at radius 3 is 2.78 bits per heavy atom. The largest absolute Gasteiger partial charge is 0.346 e. The minimum Gasteiger partial charge on any atom is -0.346 e. The van der Waals surface area contributed by atoms with Crippen molar-refractivity contribution in [2.75, 3.05) is 0 Å². The van der Waals surface area contributed by atoms with Gasteiger partial charge in [-0.3, -0.25) is 9.20 Å². The minimum atomic E-state index is -0.310. The summed E-state index contributed by atoms with van der Waals surface area (Å²) in [4.78, 5) is 18.1. The van der Waals surface area contributed by atoms with Crippen molar-refractivity contribution in [2.45, 2.75) is 26.3 Å². The third kappa shape index (κ3) is 3.35. The summed E-state index contributed by atoms with van der Waals surface area (Å²) >= 11 is 1.55. The van der Waals surface area contributed by atoms with E-state index in [-0.39, 0.29) is 17.6 Å². The standard InChI is InChI=1S/C19H18FN5OS/c1-12(2)17-16(10-22-25(17)15-5-3-13(20)4-6-15)18(26)21-9-14-11-24-7-8-27-19(24)23-14/h3-8,10-12H,9H2,1-2H3,(H,21,26). The molecule has 0 radical (unpaired) electrons. The smallest absolute Gasteiger partial charge is 0.255 e. The molecule has 4 aromatic rings. The van der Waals surface area contributed by atoms with Crippen molar-refractivity contribution in [1.82, 2.24) is 24.5 Å². The second-order valence-corrected chi connectivity index (χ2v) is 7.37. The fourth-order valence-corrected chi connectivity index (χ4v) is 3.72. The highest BCUT2D eigenvalue weighted by Gasteiger charge is 2.21. The Morgan fingerprint density at radius 2 is 2.07 bits per heavy atom. The number of amides is 1. The molecule has 0 saturated carbocycles. The first-order valence-electron chi connectivity index (χ1n) is 8.56. The molecule has 1 aromatic carbocycles. The highest BCUT2D eigenvalue weighted by Crippen LogP contribution is 2.23. The molecule has 0 aliphatic carbocycles. The third-order valence-corrected chi connectivity index (χ3v) is 5.01. The fourth-order valence-electron chi connectivity index (χ4n) is 3.00. The molecule has 8 heteroatoms. The molecule has 0 spiro atoms. The molecule has 6 nitrogen and oxygen atoms in total. The molecule has 0 fully saturated rings. The highest BCUT2D eigenvalue weighted by molar-refractivity contribution is 7.15. The van der Waals surface area contributed by atoms with Crippen LogP contribution < -0.4 is 5.32 Å². The molecule has 1 amide bonds. The predicted molar refractivity (Wildman–Crippen MR) is 102 cm³/mol. The minimum absolute atomic E-state index is 0.0660. The van der Waals surface area contributed by atoms with E-state index in [4.69, 9.17) is 0 Å². The van der Waals surface area contributed by atoms with Crippen molar-refractivity contribution in [3.63, 3.8) is 0 Å². The Hall–Kier alpha value is -3.00. The Bertz CT molecular complexity index is 1060. The molecule has 3 heterocycles. The second kappa shape index (κ2) is 6.96. The zero-order valence-corrected chi connectivity index (χ0v) is 15.7. The van der Waals surface area contributed by atoms with E-state index in [0.29, 0.717) is 17.8 Å². The number of aromatic nitrogens is 4. The number of fused-ring (bicyclic) bond motifs is 1. The topological polar surface area (TPSA) is 64.2 Å². The number of halogens is 1. The average Bonchev–Trinajstić information content (AvgIpc) is 3.34. The summed E-state index contributed by atoms with van der Waals surface area (Å²) in [5.74, 6) is -0.449. The van der Waals surface area contributed by atoms with Crippen LogP contribution in [0.4, 0.5) is 4.39 Å². The molecule has 0 aliphatic heterocycles. The van der Waals surface area contributed by atoms with Crippen molar-refractivity contribution in [1.29, 1.82) is 0 Å². The van der Waals surface area contributed by atoms with Gasteiger partial charge in [-0.2, -0.15) is 5.10 Å². The summed E-state index contributed by atoms with van der Waals surface area (Å²) in [6.07, 6.45) is 5.39. The molecular formula is C19H18FN5OS. The van der Waals surface area contributed by atoms with Gasteiger partial charge >= 0.3 is 0 Å². The van der Waals surface area contributed by atoms with Gasteiger partial charge in [-0.1, -0.05) is 13.8 Å². The summed E-state index contributed by atoms with van der Waals surface area (Å²) in [5, 5.41) is 9.23. The van der Waals surface area contributed by atoms with Crippen LogP contribution in [0.15, 0.2) is 48.2 Å². The summed E-state index contributed by atoms with van der Waals surface area (Å²) in [5.41, 5.74) is 2.81. The first-order valence-corrected chi connectivity index (χ1v) is 9.44. The van der Waals surface area contributed by atoms with Crippen LogP contribution in [-0.4, -0.2) is 25.1 Å². The Morgan fingerprint density at radius 1 is 1.30 bits per heavy atom. The number of benzene rings is 1. The molecule has 3 aromatic heterocycles. The van der Waals surface area contributed by atoms with Crippen LogP contribution in [0.25, 0.3) is 10.6 Å². The van der Waals surface area contributed by atoms with E-state index >= 15 is 0 Å². The van der Waals surface area contributed by atoms with E-state index in [1.54, 1.807) is 34.3 Å². The van der Waals surface area contributed by atoms with Gasteiger partial charge in [0.1, 0.15) is 5.82 Å². The lowest BCUT2D eigenvalue weighted by atomic mass is 10.0. The van der Waals surface area contributed by atoms with Gasteiger partial charge in [-0.15, -0.1) is 11.3 Å². The van der Waals surface area contributed by atoms with Crippen molar-refractivity contribution in [2.24, 2.45) is 0 Å². The molecule has 4 rings (SSSR count). The van der Waals surface area contributed by atoms with Crippen LogP contribution in [0.2, 0.25) is 0 Å². The summed E-state index contributed by atoms with van der Waals surface area (Å²) in [6, 6.07) is 6.05. The number of nitrogens with zero attached hydrogens (tertiary/aromatic N) is 4. The quantitative estimate of drug-likeness (QED) is 0.570. The van der Waals surface area contributed by atoms with E-state index in [2.05, 4.69) is 15.4 Å². The van der Waals surface area contributed by atoms with E-state index in [9.17, 15) is 9.18 Å². The number of carbonyl (C=O) groups excluding carboxylic acids is 1. The van der Waals surface area contributed by atoms with Crippen LogP contribution in [0.5, 0.6) is 0 Å². The maximum absolute atomic E-state index is 13.2. The first kappa shape index (κ1) is 17.4. The monoisotopic (exact) mass is 383 g/mol. The molecule has 1 N–H and O–H groups in total. The molecule has 0 bridgehead atoms. The van der Waals surface area contributed by atoms with Gasteiger partial charge in [0.2, 0.25) is 0 Å². The number of carbonyl (C=O) groups is 1. The summed E-state index contributed by atoms with van der Waals surface area (Å²) in [6.45, 7) is 4.33. The van der Waals surface area contributed by atoms with Crippen molar-refractivity contribution in [3.8, 4) is 5.69 Å². The lowest BCUT2D eigenvalue weighted by Crippen LogP contribution is -2.24. The molecule has 138 valence electrons. The van der Waals surface area contributed by atoms with Crippen LogP contribution in [0, 0.1) is 5.82 Å². The maximum Gasteiger partial charge on any atom is 0.255 e. The zero-order valence-electron chi connectivity index (χ0n) is 14.9. The van der Waals surface area contributed by atoms with E-state index in [1.807, 2.05) is 36.0 Å². The van der Waals surface area contributed by atoms with Gasteiger partial charge in [0, 0.05) is 17.8 Å². The Labute approximate surface area is 159 Å². The number of hydrogen-bond donors (Lipinski definition) is 1. The third-order valence-electron chi connectivity index (χ3n) is 4.24. The molecule has 0 saturated heterocycles. The van der Waals surface area contributed by atoms with Crippen molar-refractivity contribution < 1.29 is 9.18 Å². The number of hydrogen-bond acceptors (Lipinski definition) is 4. The first-order chi connectivity index (χ1) is 13.0. The fraction of sp³-hybridized carbons (Fsp3) is 0.211. The van der Waals surface area contributed by atoms with E-state index in [0.717, 1.165) is 16.3 Å². The maximum atomic E-state index is 13.2. The molecule has 27 heavy (non-hydrogen) atoms. The lowest BCUT2D eigenvalue weighted by Gasteiger charge is -2.13. The zero-order chi connectivity index (χ0) is 19.0. The molecule has 0 unspecified atom stereocenters. The second-order valence-electron chi connectivity index (χ2n) is 6.49. The van der Waals surface area contributed by atoms with Gasteiger partial charge in [-0.25, -0.2) is 14.1 Å². The van der Waals surface area contributed by atoms with Crippen LogP contribution in [0.3, 0.4) is 0 Å². The summed E-state index contributed by atoms with van der Waals surface area (Å²) < 4.78 is 16.8. The van der Waals surface area contributed by atoms with Crippen LogP contribution in [-0.2, 0) is 6.54 Å². The lowest BCUT2D eigenvalue weighted by molar-refractivity contribution is 0.0949.